The van der Waals surface area contributed by atoms with Gasteiger partial charge in [0, 0.05) is 6.92 Å². The van der Waals surface area contributed by atoms with Crippen molar-refractivity contribution < 1.29 is 14.7 Å². The van der Waals surface area contributed by atoms with Crippen LogP contribution in [-0.4, -0.2) is 17.0 Å². The number of carbonyl (C=O) groups excluding carboxylic acids is 1. The van der Waals surface area contributed by atoms with Crippen molar-refractivity contribution in [1.29, 1.82) is 0 Å². The van der Waals surface area contributed by atoms with E-state index in [0.717, 1.165) is 19.3 Å². The molecule has 0 aliphatic heterocycles. The normalized spacial score (nSPS) is 26.2. The van der Waals surface area contributed by atoms with Gasteiger partial charge in [-0.2, -0.15) is 0 Å². The molecule has 1 aliphatic rings. The summed E-state index contributed by atoms with van der Waals surface area (Å²) in [4.78, 5) is 21.8. The van der Waals surface area contributed by atoms with E-state index in [9.17, 15) is 9.59 Å². The number of carbonyl (C=O) groups is 2. The number of hydrogen-bond donors (Lipinski definition) is 2. The van der Waals surface area contributed by atoms with Gasteiger partial charge in [0.25, 0.3) is 0 Å². The number of rotatable bonds is 3. The summed E-state index contributed by atoms with van der Waals surface area (Å²) in [5.41, 5.74) is 0.0197. The Hall–Kier alpha value is -1.32. The van der Waals surface area contributed by atoms with Gasteiger partial charge in [-0.3, -0.25) is 4.79 Å². The maximum Gasteiger partial charge on any atom is 0.352 e. The molecule has 2 unspecified atom stereocenters. The first-order valence-corrected chi connectivity index (χ1v) is 5.73. The van der Waals surface area contributed by atoms with Crippen molar-refractivity contribution in [2.45, 2.75) is 39.5 Å². The largest absolute Gasteiger partial charge is 0.477 e. The molecule has 0 radical (unpaired) electrons. The molecule has 0 aromatic carbocycles. The number of nitrogens with one attached hydrogen (secondary N) is 1. The maximum absolute atomic E-state index is 10.9. The van der Waals surface area contributed by atoms with Crippen LogP contribution in [0.25, 0.3) is 0 Å². The van der Waals surface area contributed by atoms with Crippen molar-refractivity contribution in [2.75, 3.05) is 0 Å². The average molecular weight is 225 g/mol. The van der Waals surface area contributed by atoms with Crippen molar-refractivity contribution in [2.24, 2.45) is 11.8 Å². The summed E-state index contributed by atoms with van der Waals surface area (Å²) < 4.78 is 0. The smallest absolute Gasteiger partial charge is 0.352 e. The predicted octanol–water partition coefficient (Wildman–Crippen LogP) is 1.92. The number of carboxylic acids is 1. The molecule has 4 heteroatoms. The van der Waals surface area contributed by atoms with E-state index >= 15 is 0 Å². The van der Waals surface area contributed by atoms with Crippen LogP contribution >= 0.6 is 0 Å². The van der Waals surface area contributed by atoms with Gasteiger partial charge in [-0.15, -0.1) is 0 Å². The van der Waals surface area contributed by atoms with E-state index in [1.54, 1.807) is 6.08 Å². The molecule has 0 saturated heterocycles. The summed E-state index contributed by atoms with van der Waals surface area (Å²) in [6, 6.07) is 0. The molecule has 1 amide bonds. The number of amides is 1. The van der Waals surface area contributed by atoms with Crippen molar-refractivity contribution >= 4 is 11.9 Å². The molecule has 2 atom stereocenters. The Labute approximate surface area is 95.7 Å². The van der Waals surface area contributed by atoms with Crippen LogP contribution in [0.5, 0.6) is 0 Å². The Balaban J connectivity index is 2.75. The first-order valence-electron chi connectivity index (χ1n) is 5.73. The zero-order chi connectivity index (χ0) is 12.1. The Bertz CT molecular complexity index is 309. The molecule has 16 heavy (non-hydrogen) atoms. The fourth-order valence-electron chi connectivity index (χ4n) is 2.16. The van der Waals surface area contributed by atoms with Crippen LogP contribution in [0.1, 0.15) is 39.5 Å². The Morgan fingerprint density at radius 3 is 2.44 bits per heavy atom. The number of hydrogen-bond acceptors (Lipinski definition) is 2. The second-order valence-corrected chi connectivity index (χ2v) is 4.49. The van der Waals surface area contributed by atoms with Gasteiger partial charge in [0.05, 0.1) is 0 Å². The quantitative estimate of drug-likeness (QED) is 0.721. The van der Waals surface area contributed by atoms with Crippen molar-refractivity contribution in [1.82, 2.24) is 5.32 Å². The minimum Gasteiger partial charge on any atom is -0.477 e. The molecule has 0 heterocycles. The summed E-state index contributed by atoms with van der Waals surface area (Å²) in [5, 5.41) is 11.3. The fourth-order valence-corrected chi connectivity index (χ4v) is 2.16. The molecule has 0 aromatic rings. The molecule has 2 N–H and O–H groups in total. The fraction of sp³-hybridized carbons (Fsp3) is 0.667. The Kier molecular flexibility index (Phi) is 4.52. The van der Waals surface area contributed by atoms with Gasteiger partial charge in [0.1, 0.15) is 5.70 Å². The third-order valence-corrected chi connectivity index (χ3v) is 3.10. The van der Waals surface area contributed by atoms with Crippen LogP contribution in [0, 0.1) is 11.8 Å². The predicted molar refractivity (Wildman–Crippen MR) is 60.7 cm³/mol. The molecular weight excluding hydrogens is 206 g/mol. The van der Waals surface area contributed by atoms with Gasteiger partial charge in [-0.05, 0) is 24.3 Å². The van der Waals surface area contributed by atoms with E-state index in [2.05, 4.69) is 12.2 Å². The number of allylic oxidation sites excluding steroid dienone is 1. The molecule has 1 rings (SSSR count). The molecule has 0 spiro atoms. The van der Waals surface area contributed by atoms with Crippen molar-refractivity contribution in [3.8, 4) is 0 Å². The minimum absolute atomic E-state index is 0.0197. The zero-order valence-corrected chi connectivity index (χ0v) is 9.82. The molecule has 90 valence electrons. The van der Waals surface area contributed by atoms with E-state index in [1.807, 2.05) is 0 Å². The molecule has 0 bridgehead atoms. The SMILES string of the molecule is CC(=O)N/C(=C/C1CCCCC1C)C(=O)O. The first-order chi connectivity index (χ1) is 7.50. The van der Waals surface area contributed by atoms with E-state index in [4.69, 9.17) is 5.11 Å². The topological polar surface area (TPSA) is 66.4 Å². The highest BCUT2D eigenvalue weighted by molar-refractivity contribution is 5.91. The zero-order valence-electron chi connectivity index (χ0n) is 9.82. The Morgan fingerprint density at radius 1 is 1.31 bits per heavy atom. The highest BCUT2D eigenvalue weighted by Crippen LogP contribution is 2.30. The number of aliphatic carboxylic acids is 1. The van der Waals surface area contributed by atoms with Gasteiger partial charge < -0.3 is 10.4 Å². The van der Waals surface area contributed by atoms with E-state index < -0.39 is 5.97 Å². The average Bonchev–Trinajstić information content (AvgIpc) is 2.19. The second kappa shape index (κ2) is 5.68. The lowest BCUT2D eigenvalue weighted by Crippen LogP contribution is -2.27. The monoisotopic (exact) mass is 225 g/mol. The molecule has 0 aromatic heterocycles. The third-order valence-electron chi connectivity index (χ3n) is 3.10. The van der Waals surface area contributed by atoms with E-state index in [1.165, 1.54) is 13.3 Å². The Morgan fingerprint density at radius 2 is 1.94 bits per heavy atom. The maximum atomic E-state index is 10.9. The lowest BCUT2D eigenvalue weighted by molar-refractivity contribution is -0.134. The molecule has 1 aliphatic carbocycles. The highest BCUT2D eigenvalue weighted by atomic mass is 16.4. The van der Waals surface area contributed by atoms with E-state index in [-0.39, 0.29) is 17.5 Å². The summed E-state index contributed by atoms with van der Waals surface area (Å²) in [5.74, 6) is -0.631. The van der Waals surface area contributed by atoms with Crippen LogP contribution in [0.15, 0.2) is 11.8 Å². The van der Waals surface area contributed by atoms with E-state index in [0.29, 0.717) is 5.92 Å². The van der Waals surface area contributed by atoms with Crippen LogP contribution in [-0.2, 0) is 9.59 Å². The van der Waals surface area contributed by atoms with Crippen molar-refractivity contribution in [3.63, 3.8) is 0 Å². The van der Waals surface area contributed by atoms with Gasteiger partial charge in [0.15, 0.2) is 0 Å². The lowest BCUT2D eigenvalue weighted by atomic mass is 9.80. The van der Waals surface area contributed by atoms with Crippen molar-refractivity contribution in [3.05, 3.63) is 11.8 Å². The highest BCUT2D eigenvalue weighted by Gasteiger charge is 2.21. The molecule has 1 saturated carbocycles. The van der Waals surface area contributed by atoms with Gasteiger partial charge in [-0.25, -0.2) is 4.79 Å². The van der Waals surface area contributed by atoms with Crippen LogP contribution in [0.3, 0.4) is 0 Å². The van der Waals surface area contributed by atoms with Gasteiger partial charge in [-0.1, -0.05) is 26.2 Å². The number of carboxylic acid groups (broad SMARTS) is 1. The third kappa shape index (κ3) is 3.68. The first kappa shape index (κ1) is 12.7. The van der Waals surface area contributed by atoms with Gasteiger partial charge >= 0.3 is 5.97 Å². The standard InChI is InChI=1S/C12H19NO3/c1-8-5-3-4-6-10(8)7-11(12(15)16)13-9(2)14/h7-8,10H,3-6H2,1-2H3,(H,13,14)(H,15,16)/b11-7+. The summed E-state index contributed by atoms with van der Waals surface area (Å²) in [6.45, 7) is 3.45. The molecular formula is C12H19NO3. The summed E-state index contributed by atoms with van der Waals surface area (Å²) in [7, 11) is 0. The minimum atomic E-state index is -1.06. The van der Waals surface area contributed by atoms with Crippen LogP contribution < -0.4 is 5.32 Å². The van der Waals surface area contributed by atoms with Crippen LogP contribution in [0.4, 0.5) is 0 Å². The summed E-state index contributed by atoms with van der Waals surface area (Å²) >= 11 is 0. The molecule has 1 fully saturated rings. The lowest BCUT2D eigenvalue weighted by Gasteiger charge is -2.26. The van der Waals surface area contributed by atoms with Gasteiger partial charge in [0.2, 0.25) is 5.91 Å². The second-order valence-electron chi connectivity index (χ2n) is 4.49. The molecule has 4 nitrogen and oxygen atoms in total. The van der Waals surface area contributed by atoms with Crippen LogP contribution in [0.2, 0.25) is 0 Å². The summed E-state index contributed by atoms with van der Waals surface area (Å²) in [6.07, 6.45) is 6.20.